The van der Waals surface area contributed by atoms with Crippen molar-refractivity contribution in [2.75, 3.05) is 11.9 Å². The summed E-state index contributed by atoms with van der Waals surface area (Å²) in [5.41, 5.74) is 0.0850. The molecule has 0 spiro atoms. The summed E-state index contributed by atoms with van der Waals surface area (Å²) in [6.45, 7) is -0.285. The van der Waals surface area contributed by atoms with Crippen LogP contribution < -0.4 is 10.6 Å². The third kappa shape index (κ3) is 5.89. The Kier molecular flexibility index (Phi) is 6.66. The second kappa shape index (κ2) is 9.40. The third-order valence-corrected chi connectivity index (χ3v) is 4.36. The van der Waals surface area contributed by atoms with E-state index in [4.69, 9.17) is 0 Å². The fraction of sp³-hybridized carbons (Fsp3) is 0.136. The Morgan fingerprint density at radius 2 is 1.71 bits per heavy atom. The fourth-order valence-electron chi connectivity index (χ4n) is 2.77. The summed E-state index contributed by atoms with van der Waals surface area (Å²) in [5, 5.41) is 15.3. The van der Waals surface area contributed by atoms with E-state index >= 15 is 0 Å². The molecule has 1 aromatic heterocycles. The second-order valence-corrected chi connectivity index (χ2v) is 6.63. The summed E-state index contributed by atoms with van der Waals surface area (Å²) in [6.07, 6.45) is -2.91. The number of alkyl halides is 3. The molecule has 0 radical (unpaired) electrons. The number of benzene rings is 2. The first-order valence-corrected chi connectivity index (χ1v) is 9.19. The maximum Gasteiger partial charge on any atom is 0.416 e. The lowest BCUT2D eigenvalue weighted by atomic mass is 10.1. The number of hydrogen-bond acceptors (Lipinski definition) is 4. The minimum atomic E-state index is -4.53. The molecule has 31 heavy (non-hydrogen) atoms. The number of amides is 2. The molecule has 160 valence electrons. The van der Waals surface area contributed by atoms with Gasteiger partial charge < -0.3 is 15.7 Å². The van der Waals surface area contributed by atoms with Crippen LogP contribution in [0.15, 0.2) is 73.1 Å². The molecule has 0 aliphatic carbocycles. The maximum absolute atomic E-state index is 12.8. The zero-order chi connectivity index (χ0) is 22.4. The zero-order valence-electron chi connectivity index (χ0n) is 16.1. The lowest BCUT2D eigenvalue weighted by Crippen LogP contribution is -2.28. The Bertz CT molecular complexity index is 1070. The first-order chi connectivity index (χ1) is 14.7. The lowest BCUT2D eigenvalue weighted by Gasteiger charge is -2.15. The van der Waals surface area contributed by atoms with Crippen LogP contribution in [0.4, 0.5) is 18.9 Å². The third-order valence-electron chi connectivity index (χ3n) is 4.36. The molecule has 0 aliphatic heterocycles. The van der Waals surface area contributed by atoms with E-state index in [-0.39, 0.29) is 17.7 Å². The Balaban J connectivity index is 1.62. The van der Waals surface area contributed by atoms with Crippen molar-refractivity contribution in [1.82, 2.24) is 10.3 Å². The Morgan fingerprint density at radius 1 is 0.968 bits per heavy atom. The van der Waals surface area contributed by atoms with Crippen LogP contribution >= 0.6 is 0 Å². The number of rotatable bonds is 6. The van der Waals surface area contributed by atoms with Crippen molar-refractivity contribution >= 4 is 17.5 Å². The van der Waals surface area contributed by atoms with E-state index in [0.717, 1.165) is 12.1 Å². The molecular weight excluding hydrogens is 411 g/mol. The van der Waals surface area contributed by atoms with Gasteiger partial charge in [0.05, 0.1) is 17.2 Å². The predicted molar refractivity (Wildman–Crippen MR) is 107 cm³/mol. The largest absolute Gasteiger partial charge is 0.416 e. The SMILES string of the molecule is O=C(NCC(O)c1cccc(C(F)(F)F)c1)c1cccc(NC(=O)c2cccnc2)c1. The number of nitrogens with zero attached hydrogens (tertiary/aromatic N) is 1. The van der Waals surface area contributed by atoms with E-state index in [0.29, 0.717) is 11.3 Å². The normalized spacial score (nSPS) is 12.1. The van der Waals surface area contributed by atoms with Gasteiger partial charge in [-0.25, -0.2) is 0 Å². The molecule has 0 bridgehead atoms. The summed E-state index contributed by atoms with van der Waals surface area (Å²) in [7, 11) is 0. The topological polar surface area (TPSA) is 91.3 Å². The molecule has 2 aromatic carbocycles. The molecule has 9 heteroatoms. The summed E-state index contributed by atoms with van der Waals surface area (Å²) < 4.78 is 38.5. The number of nitrogens with one attached hydrogen (secondary N) is 2. The summed E-state index contributed by atoms with van der Waals surface area (Å²) in [6, 6.07) is 13.6. The number of aromatic nitrogens is 1. The van der Waals surface area contributed by atoms with Crippen molar-refractivity contribution in [2.24, 2.45) is 0 Å². The molecule has 1 atom stereocenters. The molecule has 2 amide bonds. The van der Waals surface area contributed by atoms with Gasteiger partial charge in [-0.3, -0.25) is 14.6 Å². The van der Waals surface area contributed by atoms with Gasteiger partial charge in [-0.2, -0.15) is 13.2 Å². The maximum atomic E-state index is 12.8. The fourth-order valence-corrected chi connectivity index (χ4v) is 2.77. The molecule has 3 N–H and O–H groups in total. The van der Waals surface area contributed by atoms with Crippen LogP contribution in [0.3, 0.4) is 0 Å². The molecule has 6 nitrogen and oxygen atoms in total. The van der Waals surface area contributed by atoms with Gasteiger partial charge in [0.1, 0.15) is 0 Å². The predicted octanol–water partition coefficient (Wildman–Crippen LogP) is 3.82. The Morgan fingerprint density at radius 3 is 2.42 bits per heavy atom. The van der Waals surface area contributed by atoms with Gasteiger partial charge >= 0.3 is 6.18 Å². The second-order valence-electron chi connectivity index (χ2n) is 6.63. The lowest BCUT2D eigenvalue weighted by molar-refractivity contribution is -0.137. The minimum Gasteiger partial charge on any atom is -0.387 e. The van der Waals surface area contributed by atoms with Crippen LogP contribution in [0.5, 0.6) is 0 Å². The number of halogens is 3. The first kappa shape index (κ1) is 22.0. The van der Waals surface area contributed by atoms with Crippen molar-refractivity contribution < 1.29 is 27.9 Å². The Hall–Kier alpha value is -3.72. The standard InChI is InChI=1S/C22H18F3N3O3/c23-22(24,25)17-7-1-4-14(10-17)19(29)13-27-20(30)15-5-2-8-18(11-15)28-21(31)16-6-3-9-26-12-16/h1-12,19,29H,13H2,(H,27,30)(H,28,31). The molecule has 3 rings (SSSR count). The van der Waals surface area contributed by atoms with E-state index in [1.54, 1.807) is 24.3 Å². The van der Waals surface area contributed by atoms with Crippen molar-refractivity contribution in [3.63, 3.8) is 0 Å². The molecule has 3 aromatic rings. The highest BCUT2D eigenvalue weighted by atomic mass is 19.4. The van der Waals surface area contributed by atoms with Gasteiger partial charge in [0.2, 0.25) is 0 Å². The molecule has 0 saturated heterocycles. The van der Waals surface area contributed by atoms with E-state index in [1.165, 1.54) is 36.7 Å². The monoisotopic (exact) mass is 429 g/mol. The van der Waals surface area contributed by atoms with Crippen molar-refractivity contribution in [1.29, 1.82) is 0 Å². The van der Waals surface area contributed by atoms with Crippen molar-refractivity contribution in [2.45, 2.75) is 12.3 Å². The van der Waals surface area contributed by atoms with E-state index in [1.807, 2.05) is 0 Å². The van der Waals surface area contributed by atoms with Crippen LogP contribution in [-0.4, -0.2) is 28.4 Å². The van der Waals surface area contributed by atoms with Crippen LogP contribution in [0, 0.1) is 0 Å². The minimum absolute atomic E-state index is 0.0348. The summed E-state index contributed by atoms with van der Waals surface area (Å²) in [4.78, 5) is 28.5. The first-order valence-electron chi connectivity index (χ1n) is 9.19. The highest BCUT2D eigenvalue weighted by Gasteiger charge is 2.30. The number of aliphatic hydroxyl groups is 1. The molecule has 1 unspecified atom stereocenters. The molecule has 1 heterocycles. The van der Waals surface area contributed by atoms with Crippen molar-refractivity contribution in [3.05, 3.63) is 95.3 Å². The number of anilines is 1. The summed E-state index contributed by atoms with van der Waals surface area (Å²) >= 11 is 0. The quantitative estimate of drug-likeness (QED) is 0.556. The number of pyridine rings is 1. The Labute approximate surface area is 175 Å². The highest BCUT2D eigenvalue weighted by Crippen LogP contribution is 2.30. The number of aliphatic hydroxyl groups excluding tert-OH is 1. The van der Waals surface area contributed by atoms with Gasteiger partial charge in [-0.15, -0.1) is 0 Å². The number of carbonyl (C=O) groups is 2. The number of hydrogen-bond donors (Lipinski definition) is 3. The zero-order valence-corrected chi connectivity index (χ0v) is 16.1. The van der Waals surface area contributed by atoms with Crippen LogP contribution in [0.2, 0.25) is 0 Å². The molecule has 0 fully saturated rings. The van der Waals surface area contributed by atoms with Crippen LogP contribution in [0.1, 0.15) is 37.9 Å². The number of carbonyl (C=O) groups excluding carboxylic acids is 2. The van der Waals surface area contributed by atoms with Gasteiger partial charge in [-0.1, -0.05) is 18.2 Å². The van der Waals surface area contributed by atoms with Crippen molar-refractivity contribution in [3.8, 4) is 0 Å². The van der Waals surface area contributed by atoms with Gasteiger partial charge in [-0.05, 0) is 48.0 Å². The highest BCUT2D eigenvalue weighted by molar-refractivity contribution is 6.04. The van der Waals surface area contributed by atoms with Gasteiger partial charge in [0.15, 0.2) is 0 Å². The average Bonchev–Trinajstić information content (AvgIpc) is 2.77. The smallest absolute Gasteiger partial charge is 0.387 e. The van der Waals surface area contributed by atoms with Gasteiger partial charge in [0.25, 0.3) is 11.8 Å². The van der Waals surface area contributed by atoms with Crippen LogP contribution in [-0.2, 0) is 6.18 Å². The van der Waals surface area contributed by atoms with Crippen LogP contribution in [0.25, 0.3) is 0 Å². The summed E-state index contributed by atoms with van der Waals surface area (Å²) in [5.74, 6) is -0.950. The average molecular weight is 429 g/mol. The van der Waals surface area contributed by atoms with E-state index in [2.05, 4.69) is 15.6 Å². The molecule has 0 saturated carbocycles. The molecular formula is C22H18F3N3O3. The van der Waals surface area contributed by atoms with Gasteiger partial charge in [0, 0.05) is 30.2 Å². The van der Waals surface area contributed by atoms with E-state index in [9.17, 15) is 27.9 Å². The molecule has 0 aliphatic rings. The van der Waals surface area contributed by atoms with E-state index < -0.39 is 29.7 Å².